The number of likely N-dealkylation sites (N-methyl/N-ethyl adjacent to an activating group) is 2. The maximum atomic E-state index is 12.6. The molecule has 0 saturated heterocycles. The number of fused-ring (bicyclic) bond motifs is 1. The number of ether oxygens (including phenoxy) is 2. The summed E-state index contributed by atoms with van der Waals surface area (Å²) in [6, 6.07) is 17.3. The third kappa shape index (κ3) is 4.31. The molecule has 0 spiro atoms. The van der Waals surface area contributed by atoms with Crippen LogP contribution in [0, 0.1) is 0 Å². The molecule has 2 aromatic carbocycles. The van der Waals surface area contributed by atoms with Crippen molar-refractivity contribution in [2.75, 3.05) is 38.2 Å². The molecule has 1 heterocycles. The van der Waals surface area contributed by atoms with Gasteiger partial charge in [-0.05, 0) is 30.8 Å². The predicted octanol–water partition coefficient (Wildman–Crippen LogP) is 2.81. The summed E-state index contributed by atoms with van der Waals surface area (Å²) in [6.45, 7) is 4.32. The Morgan fingerprint density at radius 2 is 1.76 bits per heavy atom. The van der Waals surface area contributed by atoms with E-state index >= 15 is 0 Å². The monoisotopic (exact) mass is 340 g/mol. The van der Waals surface area contributed by atoms with E-state index in [1.807, 2.05) is 68.6 Å². The Hall–Kier alpha value is -2.53. The van der Waals surface area contributed by atoms with Gasteiger partial charge in [0.25, 0.3) is 0 Å². The van der Waals surface area contributed by atoms with Crippen molar-refractivity contribution in [2.45, 2.75) is 13.0 Å². The summed E-state index contributed by atoms with van der Waals surface area (Å²) < 4.78 is 11.8. The minimum Gasteiger partial charge on any atom is -0.486 e. The summed E-state index contributed by atoms with van der Waals surface area (Å²) in [5.41, 5.74) is 0.898. The lowest BCUT2D eigenvalue weighted by Crippen LogP contribution is -2.45. The van der Waals surface area contributed by atoms with E-state index in [2.05, 4.69) is 4.90 Å². The minimum absolute atomic E-state index is 0.0603. The van der Waals surface area contributed by atoms with Crippen molar-refractivity contribution in [2.24, 2.45) is 0 Å². The highest BCUT2D eigenvalue weighted by Gasteiger charge is 2.24. The molecule has 5 nitrogen and oxygen atoms in total. The molecule has 3 rings (SSSR count). The number of hydrogen-bond acceptors (Lipinski definition) is 4. The highest BCUT2D eigenvalue weighted by atomic mass is 16.6. The van der Waals surface area contributed by atoms with Crippen LogP contribution in [0.1, 0.15) is 6.92 Å². The standard InChI is InChI=1S/C20H24N2O3/c1-3-22(14-20(23)21(2)16-9-5-4-6-10-16)13-17-15-24-18-11-7-8-12-19(18)25-17/h4-12,17H,3,13-15H2,1-2H3. The zero-order valence-electron chi connectivity index (χ0n) is 14.7. The molecule has 0 bridgehead atoms. The van der Waals surface area contributed by atoms with E-state index in [-0.39, 0.29) is 12.0 Å². The molecule has 0 saturated carbocycles. The minimum atomic E-state index is -0.0790. The van der Waals surface area contributed by atoms with E-state index in [1.54, 1.807) is 4.90 Å². The second-order valence-electron chi connectivity index (χ2n) is 6.11. The van der Waals surface area contributed by atoms with Crippen LogP contribution in [-0.2, 0) is 4.79 Å². The lowest BCUT2D eigenvalue weighted by Gasteiger charge is -2.31. The number of carbonyl (C=O) groups excluding carboxylic acids is 1. The van der Waals surface area contributed by atoms with E-state index in [0.29, 0.717) is 19.7 Å². The smallest absolute Gasteiger partial charge is 0.240 e. The molecule has 132 valence electrons. The quantitative estimate of drug-likeness (QED) is 0.811. The van der Waals surface area contributed by atoms with Gasteiger partial charge in [0.05, 0.1) is 6.54 Å². The summed E-state index contributed by atoms with van der Waals surface area (Å²) in [5.74, 6) is 1.61. The highest BCUT2D eigenvalue weighted by molar-refractivity contribution is 5.94. The van der Waals surface area contributed by atoms with Gasteiger partial charge in [-0.3, -0.25) is 9.69 Å². The lowest BCUT2D eigenvalue weighted by atomic mass is 10.2. The van der Waals surface area contributed by atoms with Crippen LogP contribution >= 0.6 is 0 Å². The SMILES string of the molecule is CCN(CC(=O)N(C)c1ccccc1)CC1COc2ccccc2O1. The number of nitrogens with zero attached hydrogens (tertiary/aromatic N) is 2. The molecular formula is C20H24N2O3. The average molecular weight is 340 g/mol. The topological polar surface area (TPSA) is 42.0 Å². The van der Waals surface area contributed by atoms with Crippen molar-refractivity contribution in [3.63, 3.8) is 0 Å². The zero-order chi connectivity index (χ0) is 17.6. The van der Waals surface area contributed by atoms with E-state index in [4.69, 9.17) is 9.47 Å². The van der Waals surface area contributed by atoms with Crippen LogP contribution in [0.4, 0.5) is 5.69 Å². The Morgan fingerprint density at radius 3 is 2.48 bits per heavy atom. The molecule has 1 aliphatic heterocycles. The Labute approximate surface area is 148 Å². The number of hydrogen-bond donors (Lipinski definition) is 0. The van der Waals surface area contributed by atoms with Crippen LogP contribution in [0.5, 0.6) is 11.5 Å². The molecule has 25 heavy (non-hydrogen) atoms. The van der Waals surface area contributed by atoms with Crippen LogP contribution < -0.4 is 14.4 Å². The van der Waals surface area contributed by atoms with Crippen LogP contribution in [0.2, 0.25) is 0 Å². The third-order valence-electron chi connectivity index (χ3n) is 4.35. The van der Waals surface area contributed by atoms with Gasteiger partial charge < -0.3 is 14.4 Å². The zero-order valence-corrected chi connectivity index (χ0v) is 14.7. The van der Waals surface area contributed by atoms with Gasteiger partial charge in [0, 0.05) is 19.3 Å². The first-order chi connectivity index (χ1) is 12.2. The first-order valence-electron chi connectivity index (χ1n) is 8.60. The van der Waals surface area contributed by atoms with Gasteiger partial charge in [0.1, 0.15) is 12.7 Å². The molecular weight excluding hydrogens is 316 g/mol. The summed E-state index contributed by atoms with van der Waals surface area (Å²) >= 11 is 0. The van der Waals surface area contributed by atoms with E-state index in [1.165, 1.54) is 0 Å². The summed E-state index contributed by atoms with van der Waals surface area (Å²) in [7, 11) is 1.81. The molecule has 1 aliphatic rings. The largest absolute Gasteiger partial charge is 0.486 e. The average Bonchev–Trinajstić information content (AvgIpc) is 2.67. The molecule has 1 unspecified atom stereocenters. The van der Waals surface area contributed by atoms with E-state index in [0.717, 1.165) is 23.7 Å². The number of para-hydroxylation sites is 3. The van der Waals surface area contributed by atoms with Crippen molar-refractivity contribution in [3.8, 4) is 11.5 Å². The van der Waals surface area contributed by atoms with Crippen LogP contribution in [-0.4, -0.2) is 50.2 Å². The maximum Gasteiger partial charge on any atom is 0.240 e. The van der Waals surface area contributed by atoms with Gasteiger partial charge in [-0.1, -0.05) is 37.3 Å². The molecule has 0 radical (unpaired) electrons. The molecule has 0 aliphatic carbocycles. The van der Waals surface area contributed by atoms with Crippen molar-refractivity contribution >= 4 is 11.6 Å². The molecule has 1 amide bonds. The van der Waals surface area contributed by atoms with Gasteiger partial charge in [0.2, 0.25) is 5.91 Å². The molecule has 2 aromatic rings. The van der Waals surface area contributed by atoms with Crippen molar-refractivity contribution < 1.29 is 14.3 Å². The summed E-state index contributed by atoms with van der Waals surface area (Å²) in [6.07, 6.45) is -0.0790. The molecule has 0 aromatic heterocycles. The van der Waals surface area contributed by atoms with Gasteiger partial charge in [0.15, 0.2) is 11.5 Å². The fraction of sp³-hybridized carbons (Fsp3) is 0.350. The third-order valence-corrected chi connectivity index (χ3v) is 4.35. The second kappa shape index (κ2) is 8.03. The Bertz CT molecular complexity index is 705. The predicted molar refractivity (Wildman–Crippen MR) is 98.3 cm³/mol. The normalized spacial score (nSPS) is 15.9. The number of anilines is 1. The number of amides is 1. The van der Waals surface area contributed by atoms with Crippen LogP contribution in [0.15, 0.2) is 54.6 Å². The lowest BCUT2D eigenvalue weighted by molar-refractivity contribution is -0.119. The van der Waals surface area contributed by atoms with Crippen molar-refractivity contribution in [1.82, 2.24) is 4.90 Å². The maximum absolute atomic E-state index is 12.6. The van der Waals surface area contributed by atoms with Crippen molar-refractivity contribution in [3.05, 3.63) is 54.6 Å². The number of carbonyl (C=O) groups is 1. The van der Waals surface area contributed by atoms with Crippen molar-refractivity contribution in [1.29, 1.82) is 0 Å². The Kier molecular flexibility index (Phi) is 5.56. The molecule has 5 heteroatoms. The van der Waals surface area contributed by atoms with Crippen LogP contribution in [0.3, 0.4) is 0 Å². The highest BCUT2D eigenvalue weighted by Crippen LogP contribution is 2.31. The molecule has 0 N–H and O–H groups in total. The number of benzene rings is 2. The van der Waals surface area contributed by atoms with Gasteiger partial charge in [-0.25, -0.2) is 0 Å². The first-order valence-corrected chi connectivity index (χ1v) is 8.60. The summed E-state index contributed by atoms with van der Waals surface area (Å²) in [5, 5.41) is 0. The Morgan fingerprint density at radius 1 is 1.08 bits per heavy atom. The Balaban J connectivity index is 1.57. The van der Waals surface area contributed by atoms with Crippen LogP contribution in [0.25, 0.3) is 0 Å². The molecule has 1 atom stereocenters. The fourth-order valence-electron chi connectivity index (χ4n) is 2.84. The van der Waals surface area contributed by atoms with Gasteiger partial charge in [-0.15, -0.1) is 0 Å². The van der Waals surface area contributed by atoms with Gasteiger partial charge >= 0.3 is 0 Å². The second-order valence-corrected chi connectivity index (χ2v) is 6.11. The van der Waals surface area contributed by atoms with Gasteiger partial charge in [-0.2, -0.15) is 0 Å². The fourth-order valence-corrected chi connectivity index (χ4v) is 2.84. The number of rotatable bonds is 6. The first kappa shape index (κ1) is 17.3. The summed E-state index contributed by atoms with van der Waals surface area (Å²) in [4.78, 5) is 16.3. The van der Waals surface area contributed by atoms with E-state index < -0.39 is 0 Å². The van der Waals surface area contributed by atoms with E-state index in [9.17, 15) is 4.79 Å². The molecule has 0 fully saturated rings.